The molecule has 0 aliphatic carbocycles. The molecule has 318 valence electrons. The maximum absolute atomic E-state index is 11.8. The number of non-ortho nitro benzene ring substituents is 2. The first-order chi connectivity index (χ1) is 29.3. The van der Waals surface area contributed by atoms with Crippen LogP contribution in [0.15, 0.2) is 146 Å². The fourth-order valence-electron chi connectivity index (χ4n) is 6.53. The number of benzene rings is 8. The zero-order chi connectivity index (χ0) is 44.7. The monoisotopic (exact) mass is 955 g/mol. The number of nitro groups is 2. The van der Waals surface area contributed by atoms with Crippen molar-refractivity contribution in [1.29, 1.82) is 0 Å². The van der Waals surface area contributed by atoms with Gasteiger partial charge in [-0.05, 0) is 41.1 Å². The Morgan fingerprint density at radius 2 is 0.969 bits per heavy atom. The normalized spacial score (nSPS) is 11.7. The number of nitro benzene ring substituents is 2. The van der Waals surface area contributed by atoms with Gasteiger partial charge in [0.15, 0.2) is 5.69 Å². The molecule has 0 saturated carbocycles. The van der Waals surface area contributed by atoms with E-state index in [0.29, 0.717) is 16.5 Å². The minimum atomic E-state index is -4.81. The third-order valence-corrected chi connectivity index (χ3v) is 11.2. The molecule has 8 rings (SSSR count). The SMILES string of the molecule is O=[N+]([O-])c1ccc2c(N=Nc3c(O)ccc4ccccc34)c(O)cc(S(=O)(=O)O)c2c1.O=[N+]([O-])c1ccc2c(N=[NH+]c3c([OH2+])ccc4ccccc34)c(O)cc(S(=O)(=O)O)c2c1.[Cr].[Na+]. The maximum Gasteiger partial charge on any atom is 1.00 e. The summed E-state index contributed by atoms with van der Waals surface area (Å²) in [4.78, 5) is 19.4. The van der Waals surface area contributed by atoms with Crippen LogP contribution in [0.3, 0.4) is 0 Å². The van der Waals surface area contributed by atoms with Gasteiger partial charge in [-0.25, -0.2) is 0 Å². The number of phenolic OH excluding ortho intramolecular Hbond substituents is 3. The van der Waals surface area contributed by atoms with Gasteiger partial charge in [0, 0.05) is 91.9 Å². The minimum absolute atomic E-state index is 0. The molecule has 0 unspecified atom stereocenters. The molecule has 24 heteroatoms. The molecule has 0 spiro atoms. The number of hydrogen-bond acceptors (Lipinski definition) is 14. The summed E-state index contributed by atoms with van der Waals surface area (Å²) in [6, 6.07) is 28.9. The Bertz CT molecular complexity index is 3270. The molecule has 64 heavy (non-hydrogen) atoms. The van der Waals surface area contributed by atoms with Crippen molar-refractivity contribution in [2.24, 2.45) is 15.3 Å². The number of rotatable bonds is 8. The summed E-state index contributed by atoms with van der Waals surface area (Å²) in [5, 5.41) is 78.8. The van der Waals surface area contributed by atoms with Crippen LogP contribution in [0.1, 0.15) is 0 Å². The smallest absolute Gasteiger partial charge is 0.589 e. The van der Waals surface area contributed by atoms with Crippen LogP contribution < -0.4 is 34.7 Å². The zero-order valence-electron chi connectivity index (χ0n) is 32.5. The Morgan fingerprint density at radius 1 is 0.531 bits per heavy atom. The van der Waals surface area contributed by atoms with Crippen LogP contribution in [-0.4, -0.2) is 56.2 Å². The topological polar surface area (TPSA) is 330 Å². The van der Waals surface area contributed by atoms with E-state index in [-0.39, 0.29) is 97.0 Å². The standard InChI is InChI=1S/2C20H13N3O7S.Cr.Na/c2*24-16-8-5-11-3-1-2-4-13(11)19(16)21-22-20-14-7-6-12(23(26)27)9-15(14)18(10-17(20)25)31(28,29)30;;/h2*1-10,24-25H,(H,28,29,30);;/q;;;+1/p+2. The third-order valence-electron chi connectivity index (χ3n) is 9.38. The summed E-state index contributed by atoms with van der Waals surface area (Å²) in [7, 11) is -9.60. The first kappa shape index (κ1) is 48.4. The predicted molar refractivity (Wildman–Crippen MR) is 224 cm³/mol. The van der Waals surface area contributed by atoms with Crippen molar-refractivity contribution in [2.75, 3.05) is 0 Å². The van der Waals surface area contributed by atoms with E-state index in [4.69, 9.17) is 5.11 Å². The van der Waals surface area contributed by atoms with Crippen LogP contribution in [0.2, 0.25) is 0 Å². The molecule has 20 nitrogen and oxygen atoms in total. The van der Waals surface area contributed by atoms with Crippen LogP contribution in [0.4, 0.5) is 34.1 Å². The van der Waals surface area contributed by atoms with Gasteiger partial charge in [-0.3, -0.25) is 29.3 Å². The fraction of sp³-hybridized carbons (Fsp3) is 0. The number of phenols is 3. The van der Waals surface area contributed by atoms with E-state index >= 15 is 0 Å². The van der Waals surface area contributed by atoms with E-state index in [9.17, 15) is 61.5 Å². The van der Waals surface area contributed by atoms with Crippen LogP contribution in [0.25, 0.3) is 43.1 Å². The van der Waals surface area contributed by atoms with Crippen LogP contribution in [0, 0.1) is 20.2 Å². The largest absolute Gasteiger partial charge is 1.00 e. The van der Waals surface area contributed by atoms with Gasteiger partial charge in [0.25, 0.3) is 31.6 Å². The van der Waals surface area contributed by atoms with Crippen LogP contribution in [0.5, 0.6) is 23.0 Å². The van der Waals surface area contributed by atoms with Gasteiger partial charge in [0.1, 0.15) is 38.4 Å². The van der Waals surface area contributed by atoms with Gasteiger partial charge in [0.2, 0.25) is 0 Å². The van der Waals surface area contributed by atoms with Gasteiger partial charge < -0.3 is 20.4 Å². The average molecular weight is 956 g/mol. The average Bonchev–Trinajstić information content (AvgIpc) is 3.22. The number of nitrogens with one attached hydrogen (secondary N) is 1. The molecule has 8 aromatic carbocycles. The molecule has 0 fully saturated rings. The number of hydrogen-bond donors (Lipinski definition) is 6. The quantitative estimate of drug-likeness (QED) is 0.0299. The third kappa shape index (κ3) is 9.77. The van der Waals surface area contributed by atoms with Crippen molar-refractivity contribution in [2.45, 2.75) is 9.79 Å². The molecule has 0 saturated heterocycles. The Labute approximate surface area is 392 Å². The summed E-state index contributed by atoms with van der Waals surface area (Å²) in [6.45, 7) is 0. The number of nitrogens with zero attached hydrogens (tertiary/aromatic N) is 5. The molecule has 0 radical (unpaired) electrons. The first-order valence-electron chi connectivity index (χ1n) is 17.5. The molecule has 0 amide bonds. The molecule has 8 aromatic rings. The molecule has 8 N–H and O–H groups in total. The Hall–Kier alpha value is -6.65. The fourth-order valence-corrected chi connectivity index (χ4v) is 7.95. The van der Waals surface area contributed by atoms with Crippen molar-refractivity contribution in [3.05, 3.63) is 142 Å². The molecule has 0 aliphatic rings. The van der Waals surface area contributed by atoms with Crippen molar-refractivity contribution in [1.82, 2.24) is 0 Å². The van der Waals surface area contributed by atoms with Gasteiger partial charge >= 0.3 is 41.0 Å². The molecule has 0 aromatic heterocycles. The minimum Gasteiger partial charge on any atom is -0.589 e. The van der Waals surface area contributed by atoms with Gasteiger partial charge in [-0.2, -0.15) is 16.8 Å². The molecular formula is C40H28CrN6NaO14S2+3. The van der Waals surface area contributed by atoms with Crippen LogP contribution >= 0.6 is 0 Å². The van der Waals surface area contributed by atoms with E-state index in [0.717, 1.165) is 47.2 Å². The Morgan fingerprint density at radius 3 is 1.48 bits per heavy atom. The second-order valence-electron chi connectivity index (χ2n) is 13.2. The zero-order valence-corrected chi connectivity index (χ0v) is 37.4. The van der Waals surface area contributed by atoms with E-state index in [1.165, 1.54) is 18.2 Å². The molecule has 0 heterocycles. The van der Waals surface area contributed by atoms with Crippen molar-refractivity contribution >= 4 is 97.5 Å². The van der Waals surface area contributed by atoms with Crippen molar-refractivity contribution in [3.8, 4) is 23.0 Å². The second-order valence-corrected chi connectivity index (χ2v) is 16.0. The van der Waals surface area contributed by atoms with Gasteiger partial charge in [-0.15, -0.1) is 10.2 Å². The van der Waals surface area contributed by atoms with Crippen molar-refractivity contribution in [3.63, 3.8) is 0 Å². The number of azo groups is 2. The number of fused-ring (bicyclic) bond motifs is 4. The van der Waals surface area contributed by atoms with Gasteiger partial charge in [0.05, 0.1) is 15.2 Å². The van der Waals surface area contributed by atoms with E-state index in [1.807, 2.05) is 12.1 Å². The number of aromatic hydroxyl groups is 3. The maximum atomic E-state index is 11.8. The van der Waals surface area contributed by atoms with E-state index < -0.39 is 62.7 Å². The summed E-state index contributed by atoms with van der Waals surface area (Å²) in [5.74, 6) is -1.24. The second kappa shape index (κ2) is 19.0. The molecular weight excluding hydrogens is 928 g/mol. The Balaban J connectivity index is 0.000000234. The summed E-state index contributed by atoms with van der Waals surface area (Å²) in [5.41, 5.74) is -0.644. The van der Waals surface area contributed by atoms with Gasteiger partial charge in [-0.1, -0.05) is 53.6 Å². The molecule has 0 atom stereocenters. The van der Waals surface area contributed by atoms with E-state index in [1.54, 1.807) is 54.6 Å². The summed E-state index contributed by atoms with van der Waals surface area (Å²) >= 11 is 0. The first-order valence-corrected chi connectivity index (χ1v) is 20.4. The molecule has 0 bridgehead atoms. The predicted octanol–water partition coefficient (Wildman–Crippen LogP) is 4.76. The Kier molecular flexibility index (Phi) is 14.4. The summed E-state index contributed by atoms with van der Waals surface area (Å²) in [6.07, 6.45) is 0. The summed E-state index contributed by atoms with van der Waals surface area (Å²) < 4.78 is 66.0. The molecule has 0 aliphatic heterocycles. The van der Waals surface area contributed by atoms with Crippen LogP contribution in [-0.2, 0) is 37.6 Å². The van der Waals surface area contributed by atoms with Crippen molar-refractivity contribution < 1.29 is 108 Å². The van der Waals surface area contributed by atoms with E-state index in [2.05, 4.69) is 20.5 Å².